The van der Waals surface area contributed by atoms with E-state index in [-0.39, 0.29) is 5.91 Å². The molecule has 0 spiro atoms. The van der Waals surface area contributed by atoms with Gasteiger partial charge in [-0.1, -0.05) is 11.8 Å². The summed E-state index contributed by atoms with van der Waals surface area (Å²) in [6.07, 6.45) is 4.98. The SMILES string of the molecule is O=C(CSc1ncccc1Br)Nc1ccncc1. The highest BCUT2D eigenvalue weighted by atomic mass is 79.9. The van der Waals surface area contributed by atoms with Gasteiger partial charge in [-0.2, -0.15) is 0 Å². The Labute approximate surface area is 117 Å². The van der Waals surface area contributed by atoms with Gasteiger partial charge in [0.15, 0.2) is 0 Å². The van der Waals surface area contributed by atoms with Crippen molar-refractivity contribution in [1.82, 2.24) is 9.97 Å². The fourth-order valence-electron chi connectivity index (χ4n) is 1.24. The Morgan fingerprint density at radius 3 is 2.78 bits per heavy atom. The molecule has 0 aliphatic heterocycles. The van der Waals surface area contributed by atoms with Crippen molar-refractivity contribution in [2.45, 2.75) is 5.03 Å². The summed E-state index contributed by atoms with van der Waals surface area (Å²) in [5.74, 6) is 0.251. The van der Waals surface area contributed by atoms with Gasteiger partial charge in [0.25, 0.3) is 0 Å². The van der Waals surface area contributed by atoms with Crippen molar-refractivity contribution in [2.75, 3.05) is 11.1 Å². The minimum absolute atomic E-state index is 0.0660. The van der Waals surface area contributed by atoms with E-state index in [4.69, 9.17) is 0 Å². The molecule has 0 saturated carbocycles. The van der Waals surface area contributed by atoms with E-state index in [0.29, 0.717) is 5.75 Å². The second kappa shape index (κ2) is 6.51. The van der Waals surface area contributed by atoms with Crippen molar-refractivity contribution in [2.24, 2.45) is 0 Å². The van der Waals surface area contributed by atoms with Gasteiger partial charge in [0.2, 0.25) is 5.91 Å². The molecule has 0 aromatic carbocycles. The summed E-state index contributed by atoms with van der Waals surface area (Å²) in [6, 6.07) is 7.24. The molecule has 0 saturated heterocycles. The van der Waals surface area contributed by atoms with Crippen LogP contribution >= 0.6 is 27.7 Å². The standard InChI is InChI=1S/C12H10BrN3OS/c13-10-2-1-5-15-12(10)18-8-11(17)16-9-3-6-14-7-4-9/h1-7H,8H2,(H,14,16,17). The molecule has 6 heteroatoms. The fourth-order valence-corrected chi connectivity index (χ4v) is 2.52. The number of thioether (sulfide) groups is 1. The molecule has 92 valence electrons. The van der Waals surface area contributed by atoms with Gasteiger partial charge in [0.1, 0.15) is 5.03 Å². The predicted octanol–water partition coefficient (Wildman–Crippen LogP) is 2.97. The van der Waals surface area contributed by atoms with Crippen LogP contribution in [0.4, 0.5) is 5.69 Å². The first-order valence-electron chi connectivity index (χ1n) is 5.19. The van der Waals surface area contributed by atoms with E-state index in [2.05, 4.69) is 31.2 Å². The summed E-state index contributed by atoms with van der Waals surface area (Å²) in [6.45, 7) is 0. The quantitative estimate of drug-likeness (QED) is 0.879. The molecule has 2 aromatic heterocycles. The summed E-state index contributed by atoms with van der Waals surface area (Å²) < 4.78 is 0.895. The minimum atomic E-state index is -0.0660. The average Bonchev–Trinajstić information content (AvgIpc) is 2.39. The monoisotopic (exact) mass is 323 g/mol. The molecule has 0 aliphatic rings. The number of hydrogen-bond donors (Lipinski definition) is 1. The highest BCUT2D eigenvalue weighted by Crippen LogP contribution is 2.24. The zero-order valence-electron chi connectivity index (χ0n) is 9.34. The number of carbonyl (C=O) groups is 1. The number of carbonyl (C=O) groups excluding carboxylic acids is 1. The molecule has 0 bridgehead atoms. The zero-order chi connectivity index (χ0) is 12.8. The predicted molar refractivity (Wildman–Crippen MR) is 75.5 cm³/mol. The second-order valence-electron chi connectivity index (χ2n) is 3.36. The number of aromatic nitrogens is 2. The summed E-state index contributed by atoms with van der Waals surface area (Å²) in [5.41, 5.74) is 0.746. The summed E-state index contributed by atoms with van der Waals surface area (Å²) >= 11 is 4.78. The number of hydrogen-bond acceptors (Lipinski definition) is 4. The molecule has 4 nitrogen and oxygen atoms in total. The lowest BCUT2D eigenvalue weighted by atomic mass is 10.4. The first kappa shape index (κ1) is 13.0. The van der Waals surface area contributed by atoms with Gasteiger partial charge in [0.05, 0.1) is 5.75 Å². The number of nitrogens with one attached hydrogen (secondary N) is 1. The fraction of sp³-hybridized carbons (Fsp3) is 0.0833. The molecular formula is C12H10BrN3OS. The molecule has 0 fully saturated rings. The Morgan fingerprint density at radius 2 is 2.06 bits per heavy atom. The van der Waals surface area contributed by atoms with E-state index in [1.54, 1.807) is 30.7 Å². The smallest absolute Gasteiger partial charge is 0.234 e. The van der Waals surface area contributed by atoms with Gasteiger partial charge in [-0.3, -0.25) is 9.78 Å². The van der Waals surface area contributed by atoms with Gasteiger partial charge in [-0.25, -0.2) is 4.98 Å². The van der Waals surface area contributed by atoms with Gasteiger partial charge < -0.3 is 5.32 Å². The molecule has 0 atom stereocenters. The number of amides is 1. The lowest BCUT2D eigenvalue weighted by molar-refractivity contribution is -0.113. The van der Waals surface area contributed by atoms with E-state index >= 15 is 0 Å². The highest BCUT2D eigenvalue weighted by Gasteiger charge is 2.06. The third-order valence-corrected chi connectivity index (χ3v) is 3.94. The third-order valence-electron chi connectivity index (χ3n) is 2.03. The maximum atomic E-state index is 11.7. The molecule has 0 radical (unpaired) electrons. The first-order valence-corrected chi connectivity index (χ1v) is 6.97. The Kier molecular flexibility index (Phi) is 4.72. The van der Waals surface area contributed by atoms with E-state index < -0.39 is 0 Å². The van der Waals surface area contributed by atoms with Crippen LogP contribution in [0.15, 0.2) is 52.4 Å². The lowest BCUT2D eigenvalue weighted by Crippen LogP contribution is -2.14. The Bertz CT molecular complexity index is 536. The molecule has 1 N–H and O–H groups in total. The largest absolute Gasteiger partial charge is 0.325 e. The van der Waals surface area contributed by atoms with Crippen molar-refractivity contribution in [3.8, 4) is 0 Å². The van der Waals surface area contributed by atoms with Crippen molar-refractivity contribution in [3.05, 3.63) is 47.3 Å². The van der Waals surface area contributed by atoms with Crippen LogP contribution in [0, 0.1) is 0 Å². The van der Waals surface area contributed by atoms with Crippen molar-refractivity contribution in [3.63, 3.8) is 0 Å². The Morgan fingerprint density at radius 1 is 1.28 bits per heavy atom. The normalized spacial score (nSPS) is 10.1. The van der Waals surface area contributed by atoms with Crippen LogP contribution in [0.25, 0.3) is 0 Å². The van der Waals surface area contributed by atoms with Crippen LogP contribution in [0.3, 0.4) is 0 Å². The second-order valence-corrected chi connectivity index (χ2v) is 5.18. The van der Waals surface area contributed by atoms with Crippen LogP contribution in [-0.4, -0.2) is 21.6 Å². The highest BCUT2D eigenvalue weighted by molar-refractivity contribution is 9.10. The summed E-state index contributed by atoms with van der Waals surface area (Å²) in [4.78, 5) is 19.8. The maximum absolute atomic E-state index is 11.7. The molecule has 2 heterocycles. The number of rotatable bonds is 4. The minimum Gasteiger partial charge on any atom is -0.325 e. The van der Waals surface area contributed by atoms with Crippen LogP contribution in [0.5, 0.6) is 0 Å². The zero-order valence-corrected chi connectivity index (χ0v) is 11.7. The lowest BCUT2D eigenvalue weighted by Gasteiger charge is -2.05. The topological polar surface area (TPSA) is 54.9 Å². The van der Waals surface area contributed by atoms with Crippen molar-refractivity contribution in [1.29, 1.82) is 0 Å². The van der Waals surface area contributed by atoms with Crippen LogP contribution in [0.1, 0.15) is 0 Å². The molecule has 1 amide bonds. The number of halogens is 1. The van der Waals surface area contributed by atoms with Gasteiger partial charge in [-0.15, -0.1) is 0 Å². The van der Waals surface area contributed by atoms with Crippen LogP contribution in [0.2, 0.25) is 0 Å². The molecule has 2 rings (SSSR count). The number of nitrogens with zero attached hydrogens (tertiary/aromatic N) is 2. The maximum Gasteiger partial charge on any atom is 0.234 e. The van der Waals surface area contributed by atoms with E-state index in [1.807, 2.05) is 12.1 Å². The molecule has 0 aliphatic carbocycles. The number of anilines is 1. The first-order chi connectivity index (χ1) is 8.75. The molecule has 2 aromatic rings. The Balaban J connectivity index is 1.88. The van der Waals surface area contributed by atoms with E-state index in [9.17, 15) is 4.79 Å². The third kappa shape index (κ3) is 3.82. The average molecular weight is 324 g/mol. The van der Waals surface area contributed by atoms with E-state index in [0.717, 1.165) is 15.2 Å². The summed E-state index contributed by atoms with van der Waals surface area (Å²) in [7, 11) is 0. The van der Waals surface area contributed by atoms with Gasteiger partial charge in [0, 0.05) is 28.8 Å². The van der Waals surface area contributed by atoms with Crippen molar-refractivity contribution < 1.29 is 4.79 Å². The van der Waals surface area contributed by atoms with Gasteiger partial charge >= 0.3 is 0 Å². The van der Waals surface area contributed by atoms with Gasteiger partial charge in [-0.05, 0) is 40.2 Å². The number of pyridine rings is 2. The Hall–Kier alpha value is -1.40. The molecular weight excluding hydrogens is 314 g/mol. The molecule has 18 heavy (non-hydrogen) atoms. The summed E-state index contributed by atoms with van der Waals surface area (Å²) in [5, 5.41) is 3.60. The van der Waals surface area contributed by atoms with Crippen molar-refractivity contribution >= 4 is 39.3 Å². The molecule has 0 unspecified atom stereocenters. The van der Waals surface area contributed by atoms with Crippen LogP contribution < -0.4 is 5.32 Å². The van der Waals surface area contributed by atoms with E-state index in [1.165, 1.54) is 11.8 Å². The van der Waals surface area contributed by atoms with Crippen LogP contribution in [-0.2, 0) is 4.79 Å².